The van der Waals surface area contributed by atoms with E-state index in [4.69, 9.17) is 0 Å². The lowest BCUT2D eigenvalue weighted by Crippen LogP contribution is -2.18. The van der Waals surface area contributed by atoms with E-state index < -0.39 is 11.7 Å². The van der Waals surface area contributed by atoms with Gasteiger partial charge in [-0.05, 0) is 17.7 Å². The molecule has 0 aliphatic rings. The molecule has 0 spiro atoms. The van der Waals surface area contributed by atoms with E-state index >= 15 is 0 Å². The van der Waals surface area contributed by atoms with Crippen molar-refractivity contribution in [3.05, 3.63) is 35.6 Å². The Morgan fingerprint density at radius 2 is 2.00 bits per heavy atom. The van der Waals surface area contributed by atoms with Crippen molar-refractivity contribution >= 4 is 0 Å². The number of alkyl halides is 2. The molecule has 0 atom stereocenters. The van der Waals surface area contributed by atoms with Gasteiger partial charge in [-0.25, -0.2) is 13.2 Å². The third-order valence-electron chi connectivity index (χ3n) is 1.97. The highest BCUT2D eigenvalue weighted by molar-refractivity contribution is 5.17. The average molecular weight is 202 g/mol. The Balaban J connectivity index is 2.68. The van der Waals surface area contributed by atoms with Gasteiger partial charge in [0.25, 0.3) is 5.92 Å². The summed E-state index contributed by atoms with van der Waals surface area (Å²) in [7, 11) is 0. The number of hydrogen-bond acceptors (Lipinski definition) is 0. The van der Waals surface area contributed by atoms with Gasteiger partial charge in [-0.2, -0.15) is 0 Å². The highest BCUT2D eigenvalue weighted by Gasteiger charge is 2.27. The number of rotatable bonds is 4. The Morgan fingerprint density at radius 3 is 2.57 bits per heavy atom. The van der Waals surface area contributed by atoms with E-state index in [0.29, 0.717) is 12.0 Å². The zero-order valence-electron chi connectivity index (χ0n) is 8.06. The standard InChI is InChI=1S/C11H13F3/c1-2-6-11(13,14)8-9-4-3-5-10(12)7-9/h3-5,7H,2,6,8H2,1H3. The summed E-state index contributed by atoms with van der Waals surface area (Å²) < 4.78 is 38.9. The molecule has 1 aromatic rings. The van der Waals surface area contributed by atoms with Crippen molar-refractivity contribution in [1.29, 1.82) is 0 Å². The lowest BCUT2D eigenvalue weighted by Gasteiger charge is -2.15. The first-order chi connectivity index (χ1) is 6.53. The Bertz CT molecular complexity index is 294. The first kappa shape index (κ1) is 11.1. The van der Waals surface area contributed by atoms with Crippen molar-refractivity contribution in [3.63, 3.8) is 0 Å². The minimum Gasteiger partial charge on any atom is -0.207 e. The minimum absolute atomic E-state index is 0.149. The quantitative estimate of drug-likeness (QED) is 0.696. The normalized spacial score (nSPS) is 11.7. The van der Waals surface area contributed by atoms with Gasteiger partial charge in [-0.15, -0.1) is 0 Å². The molecule has 0 saturated heterocycles. The minimum atomic E-state index is -2.72. The lowest BCUT2D eigenvalue weighted by atomic mass is 10.0. The van der Waals surface area contributed by atoms with Gasteiger partial charge < -0.3 is 0 Å². The van der Waals surface area contributed by atoms with E-state index in [-0.39, 0.29) is 12.8 Å². The van der Waals surface area contributed by atoms with Crippen LogP contribution in [0.3, 0.4) is 0 Å². The zero-order chi connectivity index (χ0) is 10.6. The molecule has 0 heterocycles. The molecular formula is C11H13F3. The Labute approximate surface area is 81.8 Å². The van der Waals surface area contributed by atoms with Crippen LogP contribution in [0.2, 0.25) is 0 Å². The van der Waals surface area contributed by atoms with E-state index in [9.17, 15) is 13.2 Å². The summed E-state index contributed by atoms with van der Waals surface area (Å²) in [6.45, 7) is 1.71. The summed E-state index contributed by atoms with van der Waals surface area (Å²) in [5, 5.41) is 0. The van der Waals surface area contributed by atoms with Crippen LogP contribution < -0.4 is 0 Å². The van der Waals surface area contributed by atoms with Crippen molar-refractivity contribution in [2.24, 2.45) is 0 Å². The monoisotopic (exact) mass is 202 g/mol. The van der Waals surface area contributed by atoms with Crippen LogP contribution in [0, 0.1) is 5.82 Å². The largest absolute Gasteiger partial charge is 0.252 e. The van der Waals surface area contributed by atoms with Gasteiger partial charge in [0, 0.05) is 12.8 Å². The molecule has 0 radical (unpaired) electrons. The third kappa shape index (κ3) is 3.40. The molecule has 0 unspecified atom stereocenters. The Morgan fingerprint density at radius 1 is 1.29 bits per heavy atom. The van der Waals surface area contributed by atoms with Crippen molar-refractivity contribution in [3.8, 4) is 0 Å². The molecule has 3 heteroatoms. The van der Waals surface area contributed by atoms with Crippen LogP contribution in [0.5, 0.6) is 0 Å². The second-order valence-corrected chi connectivity index (χ2v) is 3.41. The molecule has 0 aliphatic heterocycles. The second kappa shape index (κ2) is 4.49. The van der Waals surface area contributed by atoms with Crippen molar-refractivity contribution in [1.82, 2.24) is 0 Å². The second-order valence-electron chi connectivity index (χ2n) is 3.41. The molecule has 0 nitrogen and oxygen atoms in total. The van der Waals surface area contributed by atoms with E-state index in [2.05, 4.69) is 0 Å². The summed E-state index contributed by atoms with van der Waals surface area (Å²) in [6.07, 6.45) is -0.0928. The molecule has 14 heavy (non-hydrogen) atoms. The van der Waals surface area contributed by atoms with Crippen molar-refractivity contribution in [2.45, 2.75) is 32.1 Å². The van der Waals surface area contributed by atoms with E-state index in [1.54, 1.807) is 6.92 Å². The summed E-state index contributed by atoms with van der Waals surface area (Å²) in [6, 6.07) is 5.38. The van der Waals surface area contributed by atoms with Gasteiger partial charge in [0.05, 0.1) is 0 Å². The topological polar surface area (TPSA) is 0 Å². The van der Waals surface area contributed by atoms with Crippen molar-refractivity contribution in [2.75, 3.05) is 0 Å². The Kier molecular flexibility index (Phi) is 3.55. The molecule has 78 valence electrons. The summed E-state index contributed by atoms with van der Waals surface area (Å²) >= 11 is 0. The maximum Gasteiger partial charge on any atom is 0.252 e. The molecule has 1 aromatic carbocycles. The fraction of sp³-hybridized carbons (Fsp3) is 0.455. The third-order valence-corrected chi connectivity index (χ3v) is 1.97. The molecule has 1 rings (SSSR count). The molecule has 0 N–H and O–H groups in total. The van der Waals surface area contributed by atoms with Crippen molar-refractivity contribution < 1.29 is 13.2 Å². The fourth-order valence-electron chi connectivity index (χ4n) is 1.40. The predicted molar refractivity (Wildman–Crippen MR) is 50.0 cm³/mol. The summed E-state index contributed by atoms with van der Waals surface area (Å²) in [4.78, 5) is 0. The molecule has 0 bridgehead atoms. The van der Waals surface area contributed by atoms with E-state index in [0.717, 1.165) is 6.07 Å². The smallest absolute Gasteiger partial charge is 0.207 e. The van der Waals surface area contributed by atoms with E-state index in [1.807, 2.05) is 0 Å². The highest BCUT2D eigenvalue weighted by atomic mass is 19.3. The maximum atomic E-state index is 13.1. The molecule has 0 aromatic heterocycles. The highest BCUT2D eigenvalue weighted by Crippen LogP contribution is 2.25. The van der Waals surface area contributed by atoms with Crippen LogP contribution >= 0.6 is 0 Å². The fourth-order valence-corrected chi connectivity index (χ4v) is 1.40. The summed E-state index contributed by atoms with van der Waals surface area (Å²) in [5.74, 6) is -3.18. The van der Waals surface area contributed by atoms with Gasteiger partial charge in [-0.3, -0.25) is 0 Å². The van der Waals surface area contributed by atoms with Gasteiger partial charge in [-0.1, -0.05) is 25.5 Å². The van der Waals surface area contributed by atoms with Crippen LogP contribution in [0.1, 0.15) is 25.3 Å². The van der Waals surface area contributed by atoms with Crippen LogP contribution in [0.15, 0.2) is 24.3 Å². The van der Waals surface area contributed by atoms with Gasteiger partial charge >= 0.3 is 0 Å². The van der Waals surface area contributed by atoms with Crippen LogP contribution in [-0.2, 0) is 6.42 Å². The first-order valence-corrected chi connectivity index (χ1v) is 4.66. The molecule has 0 fully saturated rings. The molecule has 0 aliphatic carbocycles. The first-order valence-electron chi connectivity index (χ1n) is 4.66. The van der Waals surface area contributed by atoms with Crippen LogP contribution in [0.25, 0.3) is 0 Å². The van der Waals surface area contributed by atoms with Gasteiger partial charge in [0.1, 0.15) is 5.82 Å². The van der Waals surface area contributed by atoms with E-state index in [1.165, 1.54) is 18.2 Å². The average Bonchev–Trinajstić information content (AvgIpc) is 2.02. The molecule has 0 amide bonds. The lowest BCUT2D eigenvalue weighted by molar-refractivity contribution is -0.00776. The summed E-state index contributed by atoms with van der Waals surface area (Å²) in [5.41, 5.74) is 0.350. The molecule has 0 saturated carbocycles. The van der Waals surface area contributed by atoms with Gasteiger partial charge in [0.2, 0.25) is 0 Å². The number of benzene rings is 1. The molecular weight excluding hydrogens is 189 g/mol. The SMILES string of the molecule is CCCC(F)(F)Cc1cccc(F)c1. The van der Waals surface area contributed by atoms with Crippen LogP contribution in [0.4, 0.5) is 13.2 Å². The zero-order valence-corrected chi connectivity index (χ0v) is 8.06. The predicted octanol–water partition coefficient (Wildman–Crippen LogP) is 3.80. The van der Waals surface area contributed by atoms with Gasteiger partial charge in [0.15, 0.2) is 0 Å². The Hall–Kier alpha value is -0.990. The number of halogens is 3. The van der Waals surface area contributed by atoms with Crippen LogP contribution in [-0.4, -0.2) is 5.92 Å². The maximum absolute atomic E-state index is 13.1. The number of hydrogen-bond donors (Lipinski definition) is 0.